The zero-order valence-corrected chi connectivity index (χ0v) is 19.8. The third-order valence-corrected chi connectivity index (χ3v) is 7.29. The average Bonchev–Trinajstić information content (AvgIpc) is 2.79. The lowest BCUT2D eigenvalue weighted by Crippen LogP contribution is -2.27. The molecule has 3 N–H and O–H groups in total. The molecule has 1 amide bonds. The number of benzene rings is 2. The quantitative estimate of drug-likeness (QED) is 0.264. The highest BCUT2D eigenvalue weighted by Gasteiger charge is 2.17. The number of nitrogens with zero attached hydrogens (tertiary/aromatic N) is 3. The molecule has 0 saturated carbocycles. The molecule has 0 aliphatic rings. The number of anilines is 2. The largest absolute Gasteiger partial charge is 0.326 e. The highest BCUT2D eigenvalue weighted by atomic mass is 32.2. The molecule has 0 aliphatic heterocycles. The van der Waals surface area contributed by atoms with Gasteiger partial charge in [0.15, 0.2) is 0 Å². The molecule has 0 spiro atoms. The molecule has 3 rings (SSSR count). The number of carbonyl (C=O) groups is 1. The van der Waals surface area contributed by atoms with Crippen LogP contribution in [0.1, 0.15) is 12.1 Å². The third kappa shape index (κ3) is 7.02. The number of nitro benzene ring substituents is 1. The Labute approximate surface area is 200 Å². The standard InChI is InChI=1S/C20H20N6O7S2/c1-14-10-12-21-20(23-14)25-35(32,33)18-6-2-15(3-7-18)24-19(27)11-13-22-34(30,31)17-8-4-16(5-9-17)26(28)29/h2-10,12,22H,11,13H2,1H3,(H,24,27)(H,21,23,25). The fourth-order valence-corrected chi connectivity index (χ4v) is 4.73. The van der Waals surface area contributed by atoms with E-state index in [9.17, 15) is 31.7 Å². The summed E-state index contributed by atoms with van der Waals surface area (Å²) in [5.74, 6) is -0.586. The molecule has 0 aliphatic carbocycles. The third-order valence-electron chi connectivity index (χ3n) is 4.47. The Morgan fingerprint density at radius 1 is 0.943 bits per heavy atom. The van der Waals surface area contributed by atoms with Gasteiger partial charge in [-0.05, 0) is 49.4 Å². The van der Waals surface area contributed by atoms with Crippen LogP contribution < -0.4 is 14.8 Å². The Morgan fingerprint density at radius 3 is 2.14 bits per heavy atom. The van der Waals surface area contributed by atoms with Crippen LogP contribution in [0, 0.1) is 17.0 Å². The first kappa shape index (κ1) is 25.7. The fourth-order valence-electron chi connectivity index (χ4n) is 2.75. The average molecular weight is 521 g/mol. The summed E-state index contributed by atoms with van der Waals surface area (Å²) in [6, 6.07) is 11.3. The van der Waals surface area contributed by atoms with Gasteiger partial charge in [-0.2, -0.15) is 0 Å². The second-order valence-corrected chi connectivity index (χ2v) is 10.5. The second-order valence-electron chi connectivity index (χ2n) is 7.10. The van der Waals surface area contributed by atoms with Crippen molar-refractivity contribution >= 4 is 43.3 Å². The van der Waals surface area contributed by atoms with Crippen molar-refractivity contribution in [1.29, 1.82) is 0 Å². The molecule has 0 bridgehead atoms. The Hall–Kier alpha value is -3.95. The van der Waals surface area contributed by atoms with Gasteiger partial charge in [-0.15, -0.1) is 0 Å². The Balaban J connectivity index is 1.53. The number of non-ortho nitro benzene ring substituents is 1. The van der Waals surface area contributed by atoms with Crippen LogP contribution >= 0.6 is 0 Å². The number of rotatable bonds is 10. The summed E-state index contributed by atoms with van der Waals surface area (Å²) < 4.78 is 53.9. The minimum atomic E-state index is -3.96. The highest BCUT2D eigenvalue weighted by molar-refractivity contribution is 7.92. The van der Waals surface area contributed by atoms with Crippen molar-refractivity contribution in [3.05, 3.63) is 76.6 Å². The first-order valence-electron chi connectivity index (χ1n) is 9.93. The van der Waals surface area contributed by atoms with E-state index < -0.39 is 30.9 Å². The maximum atomic E-state index is 12.5. The van der Waals surface area contributed by atoms with Gasteiger partial charge < -0.3 is 5.32 Å². The number of amides is 1. The van der Waals surface area contributed by atoms with Gasteiger partial charge >= 0.3 is 0 Å². The lowest BCUT2D eigenvalue weighted by Gasteiger charge is -2.09. The van der Waals surface area contributed by atoms with E-state index in [1.54, 1.807) is 13.0 Å². The van der Waals surface area contributed by atoms with Gasteiger partial charge in [0, 0.05) is 42.7 Å². The molecule has 0 fully saturated rings. The SMILES string of the molecule is Cc1ccnc(NS(=O)(=O)c2ccc(NC(=O)CCNS(=O)(=O)c3ccc([N+](=O)[O-])cc3)cc2)n1. The van der Waals surface area contributed by atoms with Crippen LogP contribution in [0.4, 0.5) is 17.3 Å². The molecule has 1 aromatic heterocycles. The van der Waals surface area contributed by atoms with Crippen LogP contribution in [0.2, 0.25) is 0 Å². The van der Waals surface area contributed by atoms with Gasteiger partial charge in [-0.1, -0.05) is 0 Å². The van der Waals surface area contributed by atoms with Crippen molar-refractivity contribution in [3.8, 4) is 0 Å². The number of aromatic nitrogens is 2. The number of nitrogens with one attached hydrogen (secondary N) is 3. The summed E-state index contributed by atoms with van der Waals surface area (Å²) in [4.78, 5) is 29.7. The predicted octanol–water partition coefficient (Wildman–Crippen LogP) is 1.80. The van der Waals surface area contributed by atoms with Gasteiger partial charge in [0.2, 0.25) is 21.9 Å². The zero-order valence-electron chi connectivity index (χ0n) is 18.2. The van der Waals surface area contributed by atoms with Gasteiger partial charge in [-0.3, -0.25) is 14.9 Å². The topological polar surface area (TPSA) is 190 Å². The van der Waals surface area contributed by atoms with Crippen molar-refractivity contribution in [2.24, 2.45) is 0 Å². The Bertz CT molecular complexity index is 1440. The lowest BCUT2D eigenvalue weighted by molar-refractivity contribution is -0.384. The minimum Gasteiger partial charge on any atom is -0.326 e. The van der Waals surface area contributed by atoms with Gasteiger partial charge in [0.25, 0.3) is 15.7 Å². The summed E-state index contributed by atoms with van der Waals surface area (Å²) in [5, 5.41) is 13.2. The molecule has 35 heavy (non-hydrogen) atoms. The molecule has 0 atom stereocenters. The predicted molar refractivity (Wildman–Crippen MR) is 126 cm³/mol. The monoisotopic (exact) mass is 520 g/mol. The molecule has 1 heterocycles. The zero-order chi connectivity index (χ0) is 25.6. The van der Waals surface area contributed by atoms with Crippen molar-refractivity contribution in [3.63, 3.8) is 0 Å². The van der Waals surface area contributed by atoms with E-state index in [4.69, 9.17) is 0 Å². The Kier molecular flexibility index (Phi) is 7.73. The number of nitro groups is 1. The van der Waals surface area contributed by atoms with Crippen LogP contribution in [0.3, 0.4) is 0 Å². The summed E-state index contributed by atoms with van der Waals surface area (Å²) in [7, 11) is -7.90. The van der Waals surface area contributed by atoms with E-state index in [1.807, 2.05) is 0 Å². The molecule has 13 nitrogen and oxygen atoms in total. The van der Waals surface area contributed by atoms with Crippen molar-refractivity contribution < 1.29 is 26.6 Å². The Morgan fingerprint density at radius 2 is 1.54 bits per heavy atom. The normalized spacial score (nSPS) is 11.6. The summed E-state index contributed by atoms with van der Waals surface area (Å²) in [6.45, 7) is 1.47. The summed E-state index contributed by atoms with van der Waals surface area (Å²) >= 11 is 0. The molecular formula is C20H20N6O7S2. The first-order valence-corrected chi connectivity index (χ1v) is 12.9. The van der Waals surface area contributed by atoms with Crippen LogP contribution in [-0.2, 0) is 24.8 Å². The van der Waals surface area contributed by atoms with Gasteiger partial charge in [-0.25, -0.2) is 36.2 Å². The molecular weight excluding hydrogens is 500 g/mol. The van der Waals surface area contributed by atoms with E-state index in [0.29, 0.717) is 11.4 Å². The van der Waals surface area contributed by atoms with Crippen LogP contribution in [-0.4, -0.2) is 44.2 Å². The van der Waals surface area contributed by atoms with Crippen molar-refractivity contribution in [2.75, 3.05) is 16.6 Å². The number of sulfonamides is 2. The molecule has 0 saturated heterocycles. The molecule has 2 aromatic carbocycles. The highest BCUT2D eigenvalue weighted by Crippen LogP contribution is 2.17. The second kappa shape index (κ2) is 10.5. The lowest BCUT2D eigenvalue weighted by atomic mass is 10.3. The molecule has 3 aromatic rings. The number of hydrogen-bond acceptors (Lipinski definition) is 9. The van der Waals surface area contributed by atoms with Gasteiger partial charge in [0.1, 0.15) is 0 Å². The molecule has 184 valence electrons. The fraction of sp³-hybridized carbons (Fsp3) is 0.150. The maximum absolute atomic E-state index is 12.5. The van der Waals surface area contributed by atoms with Crippen LogP contribution in [0.5, 0.6) is 0 Å². The molecule has 0 unspecified atom stereocenters. The van der Waals surface area contributed by atoms with Crippen LogP contribution in [0.15, 0.2) is 70.6 Å². The van der Waals surface area contributed by atoms with Gasteiger partial charge in [0.05, 0.1) is 14.7 Å². The number of carbonyl (C=O) groups excluding carboxylic acids is 1. The van der Waals surface area contributed by atoms with E-state index in [-0.39, 0.29) is 34.4 Å². The van der Waals surface area contributed by atoms with Crippen molar-refractivity contribution in [1.82, 2.24) is 14.7 Å². The smallest absolute Gasteiger partial charge is 0.269 e. The minimum absolute atomic E-state index is 0.0708. The van der Waals surface area contributed by atoms with E-state index in [1.165, 1.54) is 30.5 Å². The maximum Gasteiger partial charge on any atom is 0.269 e. The van der Waals surface area contributed by atoms with E-state index >= 15 is 0 Å². The number of hydrogen-bond donors (Lipinski definition) is 3. The first-order chi connectivity index (χ1) is 16.5. The van der Waals surface area contributed by atoms with E-state index in [2.05, 4.69) is 24.7 Å². The summed E-state index contributed by atoms with van der Waals surface area (Å²) in [5.41, 5.74) is 0.645. The number of aryl methyl sites for hydroxylation is 1. The molecule has 0 radical (unpaired) electrons. The van der Waals surface area contributed by atoms with Crippen molar-refractivity contribution in [2.45, 2.75) is 23.1 Å². The van der Waals surface area contributed by atoms with Crippen LogP contribution in [0.25, 0.3) is 0 Å². The van der Waals surface area contributed by atoms with E-state index in [0.717, 1.165) is 24.3 Å². The molecule has 15 heteroatoms. The summed E-state index contributed by atoms with van der Waals surface area (Å²) in [6.07, 6.45) is 1.21.